The first-order valence-electron chi connectivity index (χ1n) is 12.1. The highest BCUT2D eigenvalue weighted by atomic mass is 19.1. The molecule has 1 aliphatic rings. The minimum Gasteiger partial charge on any atom is -0.362 e. The summed E-state index contributed by atoms with van der Waals surface area (Å²) >= 11 is 0. The molecule has 1 aliphatic carbocycles. The van der Waals surface area contributed by atoms with Crippen molar-refractivity contribution in [1.29, 1.82) is 0 Å². The number of nitrogens with zero attached hydrogens (tertiary/aromatic N) is 3. The predicted octanol–water partition coefficient (Wildman–Crippen LogP) is 4.58. The van der Waals surface area contributed by atoms with Gasteiger partial charge in [-0.2, -0.15) is 4.98 Å². The van der Waals surface area contributed by atoms with Gasteiger partial charge in [0.05, 0.1) is 5.52 Å². The minimum absolute atomic E-state index is 0.120. The zero-order chi connectivity index (χ0) is 24.8. The van der Waals surface area contributed by atoms with Gasteiger partial charge >= 0.3 is 0 Å². The van der Waals surface area contributed by atoms with Gasteiger partial charge in [0.15, 0.2) is 5.78 Å². The molecule has 0 aliphatic heterocycles. The molecule has 3 aromatic rings. The van der Waals surface area contributed by atoms with E-state index >= 15 is 0 Å². The van der Waals surface area contributed by atoms with Crippen LogP contribution in [-0.4, -0.2) is 48.3 Å². The molecule has 0 bridgehead atoms. The van der Waals surface area contributed by atoms with Gasteiger partial charge in [0, 0.05) is 50.5 Å². The normalized spacial score (nSPS) is 17.7. The molecule has 0 saturated heterocycles. The minimum atomic E-state index is -0.382. The Morgan fingerprint density at radius 1 is 0.971 bits per heavy atom. The van der Waals surface area contributed by atoms with E-state index in [4.69, 9.17) is 9.97 Å². The van der Waals surface area contributed by atoms with Gasteiger partial charge in [0.25, 0.3) is 0 Å². The molecule has 1 aromatic heterocycles. The standard InChI is InChI=1S/C27H32FN5O2/c1-33(2)26-22-5-3-4-6-23(22)31-27(32-26)30-21-13-7-18(8-14-21)17-29-25(35)16-15-24(34)19-9-11-20(28)12-10-19/h3-6,9-12,18,21H,7-8,13-17H2,1-2H3,(H,29,35)(H,30,31,32). The van der Waals surface area contributed by atoms with E-state index in [-0.39, 0.29) is 30.3 Å². The van der Waals surface area contributed by atoms with Crippen LogP contribution in [0.4, 0.5) is 16.2 Å². The molecule has 7 nitrogen and oxygen atoms in total. The molecule has 0 atom stereocenters. The van der Waals surface area contributed by atoms with Gasteiger partial charge in [0.2, 0.25) is 11.9 Å². The Bertz CT molecular complexity index is 1170. The number of aromatic nitrogens is 2. The van der Waals surface area contributed by atoms with Crippen molar-refractivity contribution in [2.45, 2.75) is 44.6 Å². The van der Waals surface area contributed by atoms with Crippen LogP contribution in [0.25, 0.3) is 10.9 Å². The van der Waals surface area contributed by atoms with Gasteiger partial charge in [-0.25, -0.2) is 9.37 Å². The third-order valence-corrected chi connectivity index (χ3v) is 6.52. The highest BCUT2D eigenvalue weighted by Crippen LogP contribution is 2.28. The Kier molecular flexibility index (Phi) is 7.90. The molecule has 2 aromatic carbocycles. The fraction of sp³-hybridized carbons (Fsp3) is 0.407. The molecule has 2 N–H and O–H groups in total. The third-order valence-electron chi connectivity index (χ3n) is 6.52. The molecular formula is C27H32FN5O2. The van der Waals surface area contributed by atoms with Gasteiger partial charge in [-0.05, 0) is 68.0 Å². The lowest BCUT2D eigenvalue weighted by atomic mass is 9.86. The van der Waals surface area contributed by atoms with Crippen LogP contribution in [0.15, 0.2) is 48.5 Å². The number of para-hydroxylation sites is 1. The largest absolute Gasteiger partial charge is 0.362 e. The molecule has 4 rings (SSSR count). The fourth-order valence-corrected chi connectivity index (χ4v) is 4.51. The van der Waals surface area contributed by atoms with Crippen LogP contribution in [0, 0.1) is 11.7 Å². The van der Waals surface area contributed by atoms with E-state index in [1.807, 2.05) is 43.3 Å². The second-order valence-electron chi connectivity index (χ2n) is 9.38. The number of halogens is 1. The first-order chi connectivity index (χ1) is 16.9. The maximum Gasteiger partial charge on any atom is 0.225 e. The number of carbonyl (C=O) groups is 2. The van der Waals surface area contributed by atoms with Crippen LogP contribution in [-0.2, 0) is 4.79 Å². The summed E-state index contributed by atoms with van der Waals surface area (Å²) in [4.78, 5) is 35.8. The number of hydrogen-bond donors (Lipinski definition) is 2. The Labute approximate surface area is 205 Å². The Morgan fingerprint density at radius 3 is 2.40 bits per heavy atom. The average molecular weight is 478 g/mol. The summed E-state index contributed by atoms with van der Waals surface area (Å²) in [6.07, 6.45) is 4.23. The lowest BCUT2D eigenvalue weighted by molar-refractivity contribution is -0.121. The third kappa shape index (κ3) is 6.53. The molecule has 184 valence electrons. The summed E-state index contributed by atoms with van der Waals surface area (Å²) < 4.78 is 13.0. The van der Waals surface area contributed by atoms with E-state index in [1.165, 1.54) is 24.3 Å². The number of benzene rings is 2. The van der Waals surface area contributed by atoms with E-state index in [0.717, 1.165) is 42.4 Å². The Morgan fingerprint density at radius 2 is 1.69 bits per heavy atom. The first kappa shape index (κ1) is 24.6. The van der Waals surface area contributed by atoms with Crippen molar-refractivity contribution >= 4 is 34.4 Å². The zero-order valence-electron chi connectivity index (χ0n) is 20.3. The van der Waals surface area contributed by atoms with Crippen LogP contribution in [0.1, 0.15) is 48.9 Å². The van der Waals surface area contributed by atoms with E-state index in [2.05, 4.69) is 10.6 Å². The maximum atomic E-state index is 13.0. The second-order valence-corrected chi connectivity index (χ2v) is 9.38. The smallest absolute Gasteiger partial charge is 0.225 e. The van der Waals surface area contributed by atoms with E-state index in [1.54, 1.807) is 0 Å². The zero-order valence-corrected chi connectivity index (χ0v) is 20.3. The number of hydrogen-bond acceptors (Lipinski definition) is 6. The van der Waals surface area contributed by atoms with Crippen molar-refractivity contribution in [2.75, 3.05) is 30.9 Å². The SMILES string of the molecule is CN(C)c1nc(NC2CCC(CNC(=O)CCC(=O)c3ccc(F)cc3)CC2)nc2ccccc12. The molecule has 1 fully saturated rings. The van der Waals surface area contributed by atoms with Crippen LogP contribution >= 0.6 is 0 Å². The quantitative estimate of drug-likeness (QED) is 0.439. The number of amides is 1. The van der Waals surface area contributed by atoms with E-state index in [9.17, 15) is 14.0 Å². The van der Waals surface area contributed by atoms with Crippen molar-refractivity contribution in [3.8, 4) is 0 Å². The first-order valence-corrected chi connectivity index (χ1v) is 12.1. The number of Topliss-reactive ketones (excluding diaryl/α,β-unsaturated/α-hetero) is 1. The van der Waals surface area contributed by atoms with Crippen molar-refractivity contribution < 1.29 is 14.0 Å². The summed E-state index contributed by atoms with van der Waals surface area (Å²) in [5, 5.41) is 7.51. The van der Waals surface area contributed by atoms with Gasteiger partial charge in [-0.3, -0.25) is 9.59 Å². The number of anilines is 2. The van der Waals surface area contributed by atoms with E-state index in [0.29, 0.717) is 30.0 Å². The highest BCUT2D eigenvalue weighted by Gasteiger charge is 2.23. The van der Waals surface area contributed by atoms with Crippen molar-refractivity contribution in [3.05, 3.63) is 59.9 Å². The number of fused-ring (bicyclic) bond motifs is 1. The topological polar surface area (TPSA) is 87.2 Å². The molecular weight excluding hydrogens is 445 g/mol. The summed E-state index contributed by atoms with van der Waals surface area (Å²) in [5.41, 5.74) is 1.35. The monoisotopic (exact) mass is 477 g/mol. The van der Waals surface area contributed by atoms with Gasteiger partial charge in [-0.15, -0.1) is 0 Å². The molecule has 35 heavy (non-hydrogen) atoms. The molecule has 0 radical (unpaired) electrons. The molecule has 0 spiro atoms. The number of ketones is 1. The van der Waals surface area contributed by atoms with Crippen LogP contribution < -0.4 is 15.5 Å². The number of rotatable bonds is 9. The van der Waals surface area contributed by atoms with E-state index < -0.39 is 0 Å². The highest BCUT2D eigenvalue weighted by molar-refractivity contribution is 5.97. The molecule has 1 amide bonds. The molecule has 1 saturated carbocycles. The molecule has 0 unspecified atom stereocenters. The molecule has 8 heteroatoms. The van der Waals surface area contributed by atoms with Crippen LogP contribution in [0.2, 0.25) is 0 Å². The lowest BCUT2D eigenvalue weighted by Crippen LogP contribution is -2.34. The second kappa shape index (κ2) is 11.3. The lowest BCUT2D eigenvalue weighted by Gasteiger charge is -2.29. The molecule has 1 heterocycles. The summed E-state index contributed by atoms with van der Waals surface area (Å²) in [5.74, 6) is 1.30. The van der Waals surface area contributed by atoms with Crippen LogP contribution in [0.3, 0.4) is 0 Å². The van der Waals surface area contributed by atoms with Crippen molar-refractivity contribution in [1.82, 2.24) is 15.3 Å². The predicted molar refractivity (Wildman–Crippen MR) is 136 cm³/mol. The number of carbonyl (C=O) groups excluding carboxylic acids is 2. The Balaban J connectivity index is 1.21. The van der Waals surface area contributed by atoms with Crippen molar-refractivity contribution in [2.24, 2.45) is 5.92 Å². The summed E-state index contributed by atoms with van der Waals surface area (Å²) in [6, 6.07) is 13.7. The van der Waals surface area contributed by atoms with Crippen molar-refractivity contribution in [3.63, 3.8) is 0 Å². The average Bonchev–Trinajstić information content (AvgIpc) is 2.86. The van der Waals surface area contributed by atoms with Gasteiger partial charge in [0.1, 0.15) is 11.6 Å². The maximum absolute atomic E-state index is 13.0. The summed E-state index contributed by atoms with van der Waals surface area (Å²) in [7, 11) is 3.97. The van der Waals surface area contributed by atoms with Gasteiger partial charge < -0.3 is 15.5 Å². The van der Waals surface area contributed by atoms with Crippen LogP contribution in [0.5, 0.6) is 0 Å². The van der Waals surface area contributed by atoms with Gasteiger partial charge in [-0.1, -0.05) is 12.1 Å². The Hall–Kier alpha value is -3.55. The fourth-order valence-electron chi connectivity index (χ4n) is 4.51. The summed E-state index contributed by atoms with van der Waals surface area (Å²) in [6.45, 7) is 0.619. The number of nitrogens with one attached hydrogen (secondary N) is 2.